The fourth-order valence-electron chi connectivity index (χ4n) is 1.00. The maximum atomic E-state index is 12.0. The van der Waals surface area contributed by atoms with E-state index >= 15 is 0 Å². The molecule has 1 N–H and O–H groups in total. The van der Waals surface area contributed by atoms with Crippen LogP contribution in [0.1, 0.15) is 5.69 Å². The quantitative estimate of drug-likeness (QED) is 0.780. The van der Waals surface area contributed by atoms with Crippen molar-refractivity contribution in [3.63, 3.8) is 0 Å². The molecule has 1 aromatic rings. The fourth-order valence-corrected chi connectivity index (χ4v) is 1.00. The summed E-state index contributed by atoms with van der Waals surface area (Å²) >= 11 is 0. The molecule has 0 amide bonds. The van der Waals surface area contributed by atoms with Gasteiger partial charge in [0.2, 0.25) is 0 Å². The topological polar surface area (TPSA) is 29.9 Å². The molecule has 0 radical (unpaired) electrons. The van der Waals surface area contributed by atoms with E-state index in [9.17, 15) is 13.2 Å². The zero-order chi connectivity index (χ0) is 9.90. The molecule has 1 aromatic heterocycles. The highest BCUT2D eigenvalue weighted by Crippen LogP contribution is 2.17. The Morgan fingerprint density at radius 1 is 1.54 bits per heavy atom. The molecule has 1 rings (SSSR count). The van der Waals surface area contributed by atoms with Crippen LogP contribution in [-0.4, -0.2) is 23.0 Å². The second-order valence-electron chi connectivity index (χ2n) is 2.63. The van der Waals surface area contributed by atoms with E-state index in [0.717, 1.165) is 4.68 Å². The Morgan fingerprint density at radius 3 is 2.77 bits per heavy atom. The van der Waals surface area contributed by atoms with E-state index in [1.807, 2.05) is 0 Å². The van der Waals surface area contributed by atoms with Crippen LogP contribution in [-0.2, 0) is 13.1 Å². The van der Waals surface area contributed by atoms with Gasteiger partial charge in [0.15, 0.2) is 0 Å². The Hall–Kier alpha value is -1.04. The van der Waals surface area contributed by atoms with Gasteiger partial charge in [-0.2, -0.15) is 18.3 Å². The first-order chi connectivity index (χ1) is 6.03. The van der Waals surface area contributed by atoms with Gasteiger partial charge in [-0.05, 0) is 13.1 Å². The van der Waals surface area contributed by atoms with Crippen molar-refractivity contribution in [3.8, 4) is 0 Å². The van der Waals surface area contributed by atoms with E-state index in [1.165, 1.54) is 6.20 Å². The molecule has 0 aliphatic carbocycles. The molecule has 0 fully saturated rings. The smallest absolute Gasteiger partial charge is 0.314 e. The summed E-state index contributed by atoms with van der Waals surface area (Å²) in [5.41, 5.74) is 0.528. The zero-order valence-electron chi connectivity index (χ0n) is 7.10. The third-order valence-electron chi connectivity index (χ3n) is 1.49. The number of hydrogen-bond donors (Lipinski definition) is 1. The molecule has 0 aromatic carbocycles. The van der Waals surface area contributed by atoms with Crippen molar-refractivity contribution in [2.75, 3.05) is 7.05 Å². The van der Waals surface area contributed by atoms with Crippen LogP contribution in [0, 0.1) is 0 Å². The van der Waals surface area contributed by atoms with Crippen LogP contribution in [0.3, 0.4) is 0 Å². The monoisotopic (exact) mass is 193 g/mol. The van der Waals surface area contributed by atoms with Gasteiger partial charge in [0.25, 0.3) is 0 Å². The number of rotatable bonds is 3. The summed E-state index contributed by atoms with van der Waals surface area (Å²) in [6.45, 7) is -0.646. The number of aromatic nitrogens is 2. The maximum Gasteiger partial charge on any atom is 0.408 e. The second-order valence-corrected chi connectivity index (χ2v) is 2.63. The Balaban J connectivity index is 2.70. The molecule has 0 bridgehead atoms. The lowest BCUT2D eigenvalue weighted by atomic mass is 10.4. The fraction of sp³-hybridized carbons (Fsp3) is 0.571. The van der Waals surface area contributed by atoms with E-state index in [2.05, 4.69) is 10.4 Å². The van der Waals surface area contributed by atoms with Crippen molar-refractivity contribution in [3.05, 3.63) is 18.0 Å². The van der Waals surface area contributed by atoms with Gasteiger partial charge >= 0.3 is 6.18 Å². The molecule has 0 spiro atoms. The Morgan fingerprint density at radius 2 is 2.23 bits per heavy atom. The normalized spacial score (nSPS) is 12.0. The molecule has 0 saturated heterocycles. The lowest BCUT2D eigenvalue weighted by molar-refractivity contribution is -0.143. The standard InChI is InChI=1S/C7H10F3N3/c1-11-4-6-2-3-12-13(6)5-7(8,9)10/h2-3,11H,4-5H2,1H3. The largest absolute Gasteiger partial charge is 0.408 e. The molecule has 74 valence electrons. The van der Waals surface area contributed by atoms with Crippen molar-refractivity contribution < 1.29 is 13.2 Å². The summed E-state index contributed by atoms with van der Waals surface area (Å²) < 4.78 is 36.8. The summed E-state index contributed by atoms with van der Waals surface area (Å²) in [5, 5.41) is 6.34. The van der Waals surface area contributed by atoms with Gasteiger partial charge in [-0.25, -0.2) is 0 Å². The average molecular weight is 193 g/mol. The number of hydrogen-bond acceptors (Lipinski definition) is 2. The van der Waals surface area contributed by atoms with Crippen LogP contribution >= 0.6 is 0 Å². The van der Waals surface area contributed by atoms with E-state index in [4.69, 9.17) is 0 Å². The SMILES string of the molecule is CNCc1ccnn1CC(F)(F)F. The summed E-state index contributed by atoms with van der Waals surface area (Å²) in [6.07, 6.45) is -2.85. The van der Waals surface area contributed by atoms with E-state index in [1.54, 1.807) is 13.1 Å². The molecule has 13 heavy (non-hydrogen) atoms. The van der Waals surface area contributed by atoms with Crippen molar-refractivity contribution in [1.29, 1.82) is 0 Å². The Bertz CT molecular complexity index is 266. The molecule has 1 heterocycles. The first-order valence-corrected chi connectivity index (χ1v) is 3.75. The maximum absolute atomic E-state index is 12.0. The number of alkyl halides is 3. The molecule has 0 atom stereocenters. The van der Waals surface area contributed by atoms with Crippen LogP contribution in [0.5, 0.6) is 0 Å². The van der Waals surface area contributed by atoms with Crippen molar-refractivity contribution >= 4 is 0 Å². The lowest BCUT2D eigenvalue weighted by Crippen LogP contribution is -2.22. The van der Waals surface area contributed by atoms with Gasteiger partial charge in [-0.1, -0.05) is 0 Å². The van der Waals surface area contributed by atoms with Gasteiger partial charge in [0.1, 0.15) is 6.54 Å². The van der Waals surface area contributed by atoms with Gasteiger partial charge in [0.05, 0.1) is 5.69 Å². The summed E-state index contributed by atoms with van der Waals surface area (Å²) in [4.78, 5) is 0. The van der Waals surface area contributed by atoms with Crippen LogP contribution < -0.4 is 5.32 Å². The lowest BCUT2D eigenvalue weighted by Gasteiger charge is -2.09. The van der Waals surface area contributed by atoms with Crippen LogP contribution in [0.15, 0.2) is 12.3 Å². The van der Waals surface area contributed by atoms with Crippen molar-refractivity contribution in [2.24, 2.45) is 0 Å². The van der Waals surface area contributed by atoms with E-state index in [-0.39, 0.29) is 0 Å². The van der Waals surface area contributed by atoms with E-state index in [0.29, 0.717) is 12.2 Å². The minimum Gasteiger partial charge on any atom is -0.314 e. The Kier molecular flexibility index (Phi) is 2.92. The molecular formula is C7H10F3N3. The van der Waals surface area contributed by atoms with Crippen molar-refractivity contribution in [2.45, 2.75) is 19.3 Å². The molecule has 0 saturated carbocycles. The third kappa shape index (κ3) is 3.06. The first-order valence-electron chi connectivity index (χ1n) is 3.75. The van der Waals surface area contributed by atoms with Gasteiger partial charge in [-0.3, -0.25) is 4.68 Å². The highest BCUT2D eigenvalue weighted by Gasteiger charge is 2.29. The molecule has 0 unspecified atom stereocenters. The second kappa shape index (κ2) is 3.78. The van der Waals surface area contributed by atoms with Gasteiger partial charge in [0, 0.05) is 12.7 Å². The predicted molar refractivity (Wildman–Crippen MR) is 41.0 cm³/mol. The molecule has 3 nitrogen and oxygen atoms in total. The van der Waals surface area contributed by atoms with Crippen LogP contribution in [0.25, 0.3) is 0 Å². The molecule has 0 aliphatic rings. The highest BCUT2D eigenvalue weighted by molar-refractivity contribution is 5.00. The summed E-state index contributed by atoms with van der Waals surface area (Å²) in [5.74, 6) is 0. The minimum absolute atomic E-state index is 0.385. The van der Waals surface area contributed by atoms with Gasteiger partial charge in [-0.15, -0.1) is 0 Å². The number of halogens is 3. The van der Waals surface area contributed by atoms with Gasteiger partial charge < -0.3 is 5.32 Å². The minimum atomic E-state index is -4.21. The zero-order valence-corrected chi connectivity index (χ0v) is 7.10. The Labute approximate surface area is 73.5 Å². The first kappa shape index (κ1) is 10.0. The van der Waals surface area contributed by atoms with E-state index < -0.39 is 12.7 Å². The van der Waals surface area contributed by atoms with Crippen LogP contribution in [0.4, 0.5) is 13.2 Å². The average Bonchev–Trinajstić information content (AvgIpc) is 2.34. The summed E-state index contributed by atoms with van der Waals surface area (Å²) in [7, 11) is 1.67. The van der Waals surface area contributed by atoms with Crippen molar-refractivity contribution in [1.82, 2.24) is 15.1 Å². The summed E-state index contributed by atoms with van der Waals surface area (Å²) in [6, 6.07) is 1.56. The van der Waals surface area contributed by atoms with Crippen LogP contribution in [0.2, 0.25) is 0 Å². The molecule has 0 aliphatic heterocycles. The molecular weight excluding hydrogens is 183 g/mol. The predicted octanol–water partition coefficient (Wildman–Crippen LogP) is 1.16. The highest BCUT2D eigenvalue weighted by atomic mass is 19.4. The number of nitrogens with one attached hydrogen (secondary N) is 1. The molecule has 6 heteroatoms. The third-order valence-corrected chi connectivity index (χ3v) is 1.49. The number of nitrogens with zero attached hydrogens (tertiary/aromatic N) is 2.